The van der Waals surface area contributed by atoms with Gasteiger partial charge in [0.1, 0.15) is 17.9 Å². The van der Waals surface area contributed by atoms with Crippen LogP contribution in [0.2, 0.25) is 0 Å². The standard InChI is InChI=1S/C21H27N3OS/c22-21-24(19-8-4-5-9-20(19)26-21)16-17-10-12-23(13-11-17)14-15-25-18-6-2-1-3-7-18/h1-9,17,21H,10-16,22H2. The normalized spacial score (nSPS) is 21.0. The van der Waals surface area contributed by atoms with Gasteiger partial charge in [0.15, 0.2) is 0 Å². The number of ether oxygens (including phenoxy) is 1. The molecule has 1 fully saturated rings. The minimum atomic E-state index is 0.0599. The number of rotatable bonds is 6. The fourth-order valence-corrected chi connectivity index (χ4v) is 4.86. The van der Waals surface area contributed by atoms with E-state index in [-0.39, 0.29) is 5.50 Å². The lowest BCUT2D eigenvalue weighted by Crippen LogP contribution is -2.43. The zero-order valence-corrected chi connectivity index (χ0v) is 15.9. The SMILES string of the molecule is NC1Sc2ccccc2N1CC1CCN(CCOc2ccccc2)CC1. The summed E-state index contributed by atoms with van der Waals surface area (Å²) in [5.41, 5.74) is 7.73. The van der Waals surface area contributed by atoms with Gasteiger partial charge in [0, 0.05) is 18.0 Å². The Morgan fingerprint density at radius 3 is 2.54 bits per heavy atom. The molecule has 2 aromatic carbocycles. The molecule has 26 heavy (non-hydrogen) atoms. The number of para-hydroxylation sites is 2. The smallest absolute Gasteiger partial charge is 0.130 e. The van der Waals surface area contributed by atoms with Crippen LogP contribution in [0.25, 0.3) is 0 Å². The second-order valence-electron chi connectivity index (χ2n) is 7.08. The molecule has 1 atom stereocenters. The first-order valence-corrected chi connectivity index (χ1v) is 10.4. The van der Waals surface area contributed by atoms with Crippen LogP contribution in [-0.4, -0.2) is 43.2 Å². The number of hydrogen-bond donors (Lipinski definition) is 1. The van der Waals surface area contributed by atoms with E-state index in [4.69, 9.17) is 10.5 Å². The lowest BCUT2D eigenvalue weighted by atomic mass is 9.96. The third-order valence-corrected chi connectivity index (χ3v) is 6.41. The first-order valence-electron chi connectivity index (χ1n) is 9.48. The highest BCUT2D eigenvalue weighted by molar-refractivity contribution is 8.00. The first kappa shape index (κ1) is 17.7. The zero-order chi connectivity index (χ0) is 17.8. The Balaban J connectivity index is 1.22. The van der Waals surface area contributed by atoms with E-state index >= 15 is 0 Å². The molecule has 2 heterocycles. The van der Waals surface area contributed by atoms with Gasteiger partial charge in [0.2, 0.25) is 0 Å². The van der Waals surface area contributed by atoms with Crippen LogP contribution in [0.5, 0.6) is 5.75 Å². The fourth-order valence-electron chi connectivity index (χ4n) is 3.81. The van der Waals surface area contributed by atoms with Crippen molar-refractivity contribution in [3.05, 3.63) is 54.6 Å². The number of anilines is 1. The highest BCUT2D eigenvalue weighted by Crippen LogP contribution is 2.41. The van der Waals surface area contributed by atoms with Crippen molar-refractivity contribution in [3.8, 4) is 5.75 Å². The van der Waals surface area contributed by atoms with E-state index in [1.165, 1.54) is 23.4 Å². The summed E-state index contributed by atoms with van der Waals surface area (Å²) in [6, 6.07) is 18.7. The van der Waals surface area contributed by atoms with Crippen molar-refractivity contribution in [2.45, 2.75) is 23.2 Å². The highest BCUT2D eigenvalue weighted by Gasteiger charge is 2.30. The molecule has 0 radical (unpaired) electrons. The van der Waals surface area contributed by atoms with Crippen LogP contribution in [0.15, 0.2) is 59.5 Å². The molecule has 138 valence electrons. The lowest BCUT2D eigenvalue weighted by molar-refractivity contribution is 0.156. The van der Waals surface area contributed by atoms with Crippen molar-refractivity contribution >= 4 is 17.4 Å². The van der Waals surface area contributed by atoms with E-state index in [0.717, 1.165) is 44.5 Å². The molecule has 1 unspecified atom stereocenters. The third-order valence-electron chi connectivity index (χ3n) is 5.31. The van der Waals surface area contributed by atoms with Gasteiger partial charge in [-0.05, 0) is 56.1 Å². The van der Waals surface area contributed by atoms with Crippen LogP contribution >= 0.6 is 11.8 Å². The van der Waals surface area contributed by atoms with Gasteiger partial charge in [-0.3, -0.25) is 4.90 Å². The van der Waals surface area contributed by atoms with Gasteiger partial charge in [-0.25, -0.2) is 0 Å². The third kappa shape index (κ3) is 4.17. The van der Waals surface area contributed by atoms with Crippen molar-refractivity contribution in [1.29, 1.82) is 0 Å². The van der Waals surface area contributed by atoms with Crippen LogP contribution in [-0.2, 0) is 0 Å². The molecular formula is C21H27N3OS. The summed E-state index contributed by atoms with van der Waals surface area (Å²) in [4.78, 5) is 6.22. The second-order valence-corrected chi connectivity index (χ2v) is 8.23. The molecular weight excluding hydrogens is 342 g/mol. The topological polar surface area (TPSA) is 41.7 Å². The molecule has 1 saturated heterocycles. The number of nitrogens with zero attached hydrogens (tertiary/aromatic N) is 2. The van der Waals surface area contributed by atoms with Crippen molar-refractivity contribution < 1.29 is 4.74 Å². The van der Waals surface area contributed by atoms with Crippen LogP contribution in [0.3, 0.4) is 0 Å². The highest BCUT2D eigenvalue weighted by atomic mass is 32.2. The molecule has 2 aliphatic rings. The van der Waals surface area contributed by atoms with E-state index in [2.05, 4.69) is 34.1 Å². The predicted octanol–water partition coefficient (Wildman–Crippen LogP) is 3.63. The van der Waals surface area contributed by atoms with Crippen LogP contribution < -0.4 is 15.4 Å². The minimum absolute atomic E-state index is 0.0599. The Kier molecular flexibility index (Phi) is 5.68. The maximum atomic E-state index is 6.36. The van der Waals surface area contributed by atoms with Gasteiger partial charge in [-0.1, -0.05) is 42.1 Å². The molecule has 0 saturated carbocycles. The maximum absolute atomic E-state index is 6.36. The Bertz CT molecular complexity index is 703. The Morgan fingerprint density at radius 1 is 1.00 bits per heavy atom. The Morgan fingerprint density at radius 2 is 1.73 bits per heavy atom. The molecule has 4 nitrogen and oxygen atoms in total. The molecule has 2 aliphatic heterocycles. The monoisotopic (exact) mass is 369 g/mol. The van der Waals surface area contributed by atoms with Crippen LogP contribution in [0, 0.1) is 5.92 Å². The summed E-state index contributed by atoms with van der Waals surface area (Å²) >= 11 is 1.77. The molecule has 5 heteroatoms. The minimum Gasteiger partial charge on any atom is -0.492 e. The quantitative estimate of drug-likeness (QED) is 0.842. The molecule has 4 rings (SSSR count). The summed E-state index contributed by atoms with van der Waals surface area (Å²) in [5, 5.41) is 0. The van der Waals surface area contributed by atoms with Crippen molar-refractivity contribution in [1.82, 2.24) is 4.90 Å². The Hall–Kier alpha value is -1.69. The molecule has 2 aromatic rings. The maximum Gasteiger partial charge on any atom is 0.130 e. The van der Waals surface area contributed by atoms with Gasteiger partial charge >= 0.3 is 0 Å². The summed E-state index contributed by atoms with van der Waals surface area (Å²) in [7, 11) is 0. The summed E-state index contributed by atoms with van der Waals surface area (Å²) < 4.78 is 5.83. The lowest BCUT2D eigenvalue weighted by Gasteiger charge is -2.35. The van der Waals surface area contributed by atoms with Gasteiger partial charge in [0.25, 0.3) is 0 Å². The Labute approximate surface area is 160 Å². The van der Waals surface area contributed by atoms with E-state index in [0.29, 0.717) is 0 Å². The van der Waals surface area contributed by atoms with Gasteiger partial charge in [-0.15, -0.1) is 0 Å². The number of likely N-dealkylation sites (tertiary alicyclic amines) is 1. The summed E-state index contributed by atoms with van der Waals surface area (Å²) in [6.07, 6.45) is 2.47. The fraction of sp³-hybridized carbons (Fsp3) is 0.429. The molecule has 0 spiro atoms. The van der Waals surface area contributed by atoms with Gasteiger partial charge in [0.05, 0.1) is 5.69 Å². The summed E-state index contributed by atoms with van der Waals surface area (Å²) in [6.45, 7) is 5.14. The van der Waals surface area contributed by atoms with Gasteiger partial charge < -0.3 is 15.4 Å². The number of nitrogens with two attached hydrogens (primary N) is 1. The number of fused-ring (bicyclic) bond motifs is 1. The number of benzene rings is 2. The number of hydrogen-bond acceptors (Lipinski definition) is 5. The van der Waals surface area contributed by atoms with Crippen LogP contribution in [0.1, 0.15) is 12.8 Å². The first-order chi connectivity index (χ1) is 12.8. The molecule has 2 N–H and O–H groups in total. The average molecular weight is 370 g/mol. The van der Waals surface area contributed by atoms with E-state index in [9.17, 15) is 0 Å². The molecule has 0 aliphatic carbocycles. The number of piperidine rings is 1. The summed E-state index contributed by atoms with van der Waals surface area (Å²) in [5.74, 6) is 1.68. The number of thioether (sulfide) groups is 1. The van der Waals surface area contributed by atoms with Crippen molar-refractivity contribution in [2.24, 2.45) is 11.7 Å². The molecule has 0 aromatic heterocycles. The van der Waals surface area contributed by atoms with Gasteiger partial charge in [-0.2, -0.15) is 0 Å². The predicted molar refractivity (Wildman–Crippen MR) is 109 cm³/mol. The molecule has 0 bridgehead atoms. The second kappa shape index (κ2) is 8.33. The van der Waals surface area contributed by atoms with E-state index in [1.54, 1.807) is 11.8 Å². The van der Waals surface area contributed by atoms with Crippen LogP contribution in [0.4, 0.5) is 5.69 Å². The average Bonchev–Trinajstić information content (AvgIpc) is 2.99. The van der Waals surface area contributed by atoms with E-state index in [1.807, 2.05) is 30.3 Å². The van der Waals surface area contributed by atoms with Crippen molar-refractivity contribution in [2.75, 3.05) is 37.7 Å². The molecule has 0 amide bonds. The van der Waals surface area contributed by atoms with Crippen molar-refractivity contribution in [3.63, 3.8) is 0 Å². The van der Waals surface area contributed by atoms with E-state index < -0.39 is 0 Å². The largest absolute Gasteiger partial charge is 0.492 e. The zero-order valence-electron chi connectivity index (χ0n) is 15.1.